The van der Waals surface area contributed by atoms with Crippen LogP contribution in [0.15, 0.2) is 10.5 Å². The van der Waals surface area contributed by atoms with E-state index in [9.17, 15) is 9.90 Å². The molecule has 0 saturated heterocycles. The molecule has 18 heavy (non-hydrogen) atoms. The highest BCUT2D eigenvalue weighted by atomic mass is 79.9. The first-order chi connectivity index (χ1) is 8.20. The molecule has 1 aromatic carbocycles. The number of hydrogen-bond donors (Lipinski definition) is 1. The first kappa shape index (κ1) is 15.0. The third-order valence-electron chi connectivity index (χ3n) is 3.22. The van der Waals surface area contributed by atoms with Crippen LogP contribution in [0.25, 0.3) is 0 Å². The molecule has 100 valence electrons. The Kier molecular flexibility index (Phi) is 4.43. The van der Waals surface area contributed by atoms with Crippen LogP contribution >= 0.6 is 15.9 Å². The Hall–Kier alpha value is -1.03. The number of aryl methyl sites for hydroxylation is 1. The van der Waals surface area contributed by atoms with Crippen LogP contribution in [0.1, 0.15) is 30.5 Å². The van der Waals surface area contributed by atoms with Crippen molar-refractivity contribution in [2.24, 2.45) is 5.41 Å². The SMILES string of the molecule is COc1c(CC(C)(C)C(=O)O)cc(C)c(C)c1Br. The van der Waals surface area contributed by atoms with Crippen molar-refractivity contribution in [3.63, 3.8) is 0 Å². The average Bonchev–Trinajstić information content (AvgIpc) is 2.26. The molecule has 1 N–H and O–H groups in total. The lowest BCUT2D eigenvalue weighted by molar-refractivity contribution is -0.146. The van der Waals surface area contributed by atoms with Gasteiger partial charge in [-0.15, -0.1) is 0 Å². The second-order valence-electron chi connectivity index (χ2n) is 5.19. The number of carboxylic acid groups (broad SMARTS) is 1. The van der Waals surface area contributed by atoms with Crippen LogP contribution in [0.5, 0.6) is 5.75 Å². The van der Waals surface area contributed by atoms with E-state index in [0.29, 0.717) is 6.42 Å². The minimum Gasteiger partial charge on any atom is -0.495 e. The molecule has 0 aliphatic carbocycles. The number of carboxylic acids is 1. The summed E-state index contributed by atoms with van der Waals surface area (Å²) in [6.45, 7) is 7.46. The van der Waals surface area contributed by atoms with Crippen LogP contribution in [0.3, 0.4) is 0 Å². The highest BCUT2D eigenvalue weighted by Crippen LogP contribution is 2.37. The molecule has 1 rings (SSSR count). The summed E-state index contributed by atoms with van der Waals surface area (Å²) in [7, 11) is 1.60. The summed E-state index contributed by atoms with van der Waals surface area (Å²) < 4.78 is 6.30. The van der Waals surface area contributed by atoms with E-state index < -0.39 is 11.4 Å². The van der Waals surface area contributed by atoms with E-state index in [-0.39, 0.29) is 0 Å². The molecule has 3 nitrogen and oxygen atoms in total. The standard InChI is InChI=1S/C14H19BrO3/c1-8-6-10(7-14(3,4)13(16)17)12(18-5)11(15)9(8)2/h6H,7H2,1-5H3,(H,16,17). The summed E-state index contributed by atoms with van der Waals surface area (Å²) in [5.41, 5.74) is 2.34. The lowest BCUT2D eigenvalue weighted by Crippen LogP contribution is -2.26. The smallest absolute Gasteiger partial charge is 0.309 e. The van der Waals surface area contributed by atoms with Gasteiger partial charge in [-0.25, -0.2) is 0 Å². The Morgan fingerprint density at radius 3 is 2.44 bits per heavy atom. The van der Waals surface area contributed by atoms with E-state index in [1.807, 2.05) is 19.9 Å². The van der Waals surface area contributed by atoms with Crippen LogP contribution < -0.4 is 4.74 Å². The molecule has 0 amide bonds. The predicted octanol–water partition coefficient (Wildman–Crippen LogP) is 3.73. The molecule has 0 fully saturated rings. The Morgan fingerprint density at radius 1 is 1.44 bits per heavy atom. The number of hydrogen-bond acceptors (Lipinski definition) is 2. The van der Waals surface area contributed by atoms with Crippen molar-refractivity contribution >= 4 is 21.9 Å². The first-order valence-electron chi connectivity index (χ1n) is 5.76. The van der Waals surface area contributed by atoms with Crippen molar-refractivity contribution in [3.8, 4) is 5.75 Å². The number of rotatable bonds is 4. The largest absolute Gasteiger partial charge is 0.495 e. The van der Waals surface area contributed by atoms with Gasteiger partial charge in [0.25, 0.3) is 0 Å². The molecule has 0 heterocycles. The van der Waals surface area contributed by atoms with Crippen LogP contribution in [0.4, 0.5) is 0 Å². The summed E-state index contributed by atoms with van der Waals surface area (Å²) >= 11 is 3.51. The summed E-state index contributed by atoms with van der Waals surface area (Å²) in [4.78, 5) is 11.2. The fourth-order valence-electron chi connectivity index (χ4n) is 1.82. The Labute approximate surface area is 116 Å². The topological polar surface area (TPSA) is 46.5 Å². The van der Waals surface area contributed by atoms with Crippen molar-refractivity contribution in [3.05, 3.63) is 27.2 Å². The first-order valence-corrected chi connectivity index (χ1v) is 6.56. The zero-order valence-electron chi connectivity index (χ0n) is 11.4. The Balaban J connectivity index is 3.29. The predicted molar refractivity (Wildman–Crippen MR) is 75.3 cm³/mol. The lowest BCUT2D eigenvalue weighted by Gasteiger charge is -2.22. The van der Waals surface area contributed by atoms with Gasteiger partial charge in [0.1, 0.15) is 5.75 Å². The molecule has 4 heteroatoms. The van der Waals surface area contributed by atoms with Gasteiger partial charge in [0.15, 0.2) is 0 Å². The van der Waals surface area contributed by atoms with E-state index in [0.717, 1.165) is 26.9 Å². The fourth-order valence-corrected chi connectivity index (χ4v) is 2.55. The molecule has 0 aliphatic heterocycles. The number of carbonyl (C=O) groups is 1. The average molecular weight is 315 g/mol. The highest BCUT2D eigenvalue weighted by molar-refractivity contribution is 9.10. The minimum atomic E-state index is -0.811. The van der Waals surface area contributed by atoms with Crippen LogP contribution in [-0.4, -0.2) is 18.2 Å². The Morgan fingerprint density at radius 2 is 2.00 bits per heavy atom. The minimum absolute atomic E-state index is 0.436. The Bertz CT molecular complexity index is 478. The monoisotopic (exact) mass is 314 g/mol. The van der Waals surface area contributed by atoms with E-state index in [4.69, 9.17) is 4.74 Å². The third kappa shape index (κ3) is 2.86. The zero-order valence-corrected chi connectivity index (χ0v) is 13.0. The second kappa shape index (κ2) is 5.31. The number of benzene rings is 1. The molecular formula is C14H19BrO3. The normalized spacial score (nSPS) is 11.4. The maximum Gasteiger partial charge on any atom is 0.309 e. The molecule has 0 unspecified atom stereocenters. The van der Waals surface area contributed by atoms with Gasteiger partial charge in [-0.1, -0.05) is 6.07 Å². The summed E-state index contributed by atoms with van der Waals surface area (Å²) in [5, 5.41) is 9.21. The van der Waals surface area contributed by atoms with Gasteiger partial charge in [0.05, 0.1) is 17.0 Å². The fraction of sp³-hybridized carbons (Fsp3) is 0.500. The van der Waals surface area contributed by atoms with Crippen molar-refractivity contribution in [1.82, 2.24) is 0 Å². The van der Waals surface area contributed by atoms with Gasteiger partial charge < -0.3 is 9.84 Å². The molecule has 1 aromatic rings. The number of halogens is 1. The molecule has 0 aromatic heterocycles. The molecule has 0 aliphatic rings. The second-order valence-corrected chi connectivity index (χ2v) is 5.98. The molecule has 0 radical (unpaired) electrons. The molecule has 0 spiro atoms. The summed E-state index contributed by atoms with van der Waals surface area (Å²) in [6.07, 6.45) is 0.436. The van der Waals surface area contributed by atoms with E-state index in [1.54, 1.807) is 21.0 Å². The van der Waals surface area contributed by atoms with Crippen molar-refractivity contribution < 1.29 is 14.6 Å². The van der Waals surface area contributed by atoms with Crippen molar-refractivity contribution in [1.29, 1.82) is 0 Å². The molecule has 0 saturated carbocycles. The van der Waals surface area contributed by atoms with Gasteiger partial charge in [-0.2, -0.15) is 0 Å². The zero-order chi connectivity index (χ0) is 14.1. The van der Waals surface area contributed by atoms with Gasteiger partial charge in [-0.05, 0) is 66.7 Å². The number of methoxy groups -OCH3 is 1. The van der Waals surface area contributed by atoms with E-state index in [2.05, 4.69) is 15.9 Å². The lowest BCUT2D eigenvalue weighted by atomic mass is 9.85. The van der Waals surface area contributed by atoms with E-state index in [1.165, 1.54) is 0 Å². The molecule has 0 atom stereocenters. The van der Waals surface area contributed by atoms with Crippen LogP contribution in [0.2, 0.25) is 0 Å². The van der Waals surface area contributed by atoms with Gasteiger partial charge in [0.2, 0.25) is 0 Å². The van der Waals surface area contributed by atoms with Gasteiger partial charge >= 0.3 is 5.97 Å². The van der Waals surface area contributed by atoms with Crippen molar-refractivity contribution in [2.75, 3.05) is 7.11 Å². The highest BCUT2D eigenvalue weighted by Gasteiger charge is 2.29. The van der Waals surface area contributed by atoms with E-state index >= 15 is 0 Å². The maximum atomic E-state index is 11.2. The summed E-state index contributed by atoms with van der Waals surface area (Å²) in [5.74, 6) is -0.0775. The van der Waals surface area contributed by atoms with Crippen LogP contribution in [0, 0.1) is 19.3 Å². The molecule has 0 bridgehead atoms. The third-order valence-corrected chi connectivity index (χ3v) is 4.17. The van der Waals surface area contributed by atoms with Gasteiger partial charge in [-0.3, -0.25) is 4.79 Å². The van der Waals surface area contributed by atoms with Crippen LogP contribution in [-0.2, 0) is 11.2 Å². The van der Waals surface area contributed by atoms with Crippen molar-refractivity contribution in [2.45, 2.75) is 34.1 Å². The molecular weight excluding hydrogens is 296 g/mol. The maximum absolute atomic E-state index is 11.2. The summed E-state index contributed by atoms with van der Waals surface area (Å²) in [6, 6.07) is 2.00. The van der Waals surface area contributed by atoms with Gasteiger partial charge in [0, 0.05) is 0 Å². The number of ether oxygens (including phenoxy) is 1. The number of aliphatic carboxylic acids is 1. The quantitative estimate of drug-likeness (QED) is 0.921.